The first kappa shape index (κ1) is 18.7. The molecule has 2 N–H and O–H groups in total. The molecule has 1 saturated carbocycles. The zero-order valence-electron chi connectivity index (χ0n) is 13.3. The first-order valence-corrected chi connectivity index (χ1v) is 8.32. The van der Waals surface area contributed by atoms with E-state index in [1.54, 1.807) is 0 Å². The molecule has 2 fully saturated rings. The van der Waals surface area contributed by atoms with Crippen molar-refractivity contribution in [1.82, 2.24) is 10.6 Å². The molecule has 0 spiro atoms. The van der Waals surface area contributed by atoms with Crippen LogP contribution in [0, 0.1) is 5.41 Å². The highest BCUT2D eigenvalue weighted by Crippen LogP contribution is 2.40. The van der Waals surface area contributed by atoms with Gasteiger partial charge in [-0.05, 0) is 51.0 Å². The number of carbonyl (C=O) groups excluding carboxylic acids is 1. The highest BCUT2D eigenvalue weighted by atomic mass is 35.5. The Hall–Kier alpha value is -0.320. The average Bonchev–Trinajstić information content (AvgIpc) is 3.09. The van der Waals surface area contributed by atoms with Crippen LogP contribution in [0.4, 0.5) is 0 Å². The van der Waals surface area contributed by atoms with Crippen LogP contribution in [-0.4, -0.2) is 38.3 Å². The van der Waals surface area contributed by atoms with Crippen LogP contribution in [0.15, 0.2) is 0 Å². The van der Waals surface area contributed by atoms with Crippen LogP contribution in [0.1, 0.15) is 58.3 Å². The lowest BCUT2D eigenvalue weighted by Crippen LogP contribution is -2.39. The summed E-state index contributed by atoms with van der Waals surface area (Å²) in [5.41, 5.74) is 0.300. The number of nitrogens with one attached hydrogen (secondary N) is 2. The van der Waals surface area contributed by atoms with Gasteiger partial charge in [0.25, 0.3) is 0 Å². The minimum atomic E-state index is 0. The van der Waals surface area contributed by atoms with Gasteiger partial charge < -0.3 is 15.4 Å². The van der Waals surface area contributed by atoms with Crippen molar-refractivity contribution in [3.05, 3.63) is 0 Å². The van der Waals surface area contributed by atoms with Gasteiger partial charge >= 0.3 is 0 Å². The van der Waals surface area contributed by atoms with Crippen molar-refractivity contribution in [2.75, 3.05) is 26.3 Å². The molecule has 2 rings (SSSR count). The van der Waals surface area contributed by atoms with Gasteiger partial charge in [-0.2, -0.15) is 0 Å². The largest absolute Gasteiger partial charge is 0.382 e. The molecule has 2 aliphatic rings. The number of rotatable bonds is 8. The average molecular weight is 319 g/mol. The molecule has 1 atom stereocenters. The van der Waals surface area contributed by atoms with Crippen LogP contribution in [0.2, 0.25) is 0 Å². The molecule has 1 aliphatic carbocycles. The molecule has 124 valence electrons. The van der Waals surface area contributed by atoms with E-state index in [1.807, 2.05) is 6.92 Å². The van der Waals surface area contributed by atoms with Crippen molar-refractivity contribution in [1.29, 1.82) is 0 Å². The number of hydrogen-bond donors (Lipinski definition) is 2. The van der Waals surface area contributed by atoms with Gasteiger partial charge in [-0.25, -0.2) is 0 Å². The Labute approximate surface area is 135 Å². The minimum absolute atomic E-state index is 0. The Morgan fingerprint density at radius 2 is 2.10 bits per heavy atom. The molecule has 1 unspecified atom stereocenters. The van der Waals surface area contributed by atoms with Gasteiger partial charge in [0.05, 0.1) is 0 Å². The Kier molecular flexibility index (Phi) is 8.60. The smallest absolute Gasteiger partial charge is 0.221 e. The van der Waals surface area contributed by atoms with E-state index in [9.17, 15) is 4.79 Å². The normalized spacial score (nSPS) is 23.8. The van der Waals surface area contributed by atoms with Crippen molar-refractivity contribution < 1.29 is 9.53 Å². The molecule has 0 aromatic rings. The first-order valence-electron chi connectivity index (χ1n) is 8.32. The van der Waals surface area contributed by atoms with Crippen molar-refractivity contribution >= 4 is 18.3 Å². The van der Waals surface area contributed by atoms with Crippen LogP contribution < -0.4 is 10.6 Å². The summed E-state index contributed by atoms with van der Waals surface area (Å²) in [6, 6.07) is 0.401. The molecular weight excluding hydrogens is 288 g/mol. The summed E-state index contributed by atoms with van der Waals surface area (Å²) < 4.78 is 5.51. The molecule has 1 saturated heterocycles. The Bertz CT molecular complexity index is 301. The van der Waals surface area contributed by atoms with Gasteiger partial charge in [-0.1, -0.05) is 12.8 Å². The molecule has 5 heteroatoms. The second kappa shape index (κ2) is 9.65. The standard InChI is InChI=1S/C16H30N2O2.ClH/c1-2-20-11-9-16(7-3-4-8-16)13-18-15(19)12-14-6-5-10-17-14;/h14,17H,2-13H2,1H3,(H,18,19);1H. The fourth-order valence-corrected chi connectivity index (χ4v) is 3.59. The van der Waals surface area contributed by atoms with Gasteiger partial charge in [0.15, 0.2) is 0 Å². The lowest BCUT2D eigenvalue weighted by atomic mass is 9.83. The zero-order chi connectivity index (χ0) is 14.3. The van der Waals surface area contributed by atoms with Crippen molar-refractivity contribution in [2.24, 2.45) is 5.41 Å². The maximum atomic E-state index is 12.0. The lowest BCUT2D eigenvalue weighted by molar-refractivity contribution is -0.122. The van der Waals surface area contributed by atoms with Crippen molar-refractivity contribution in [3.63, 3.8) is 0 Å². The molecule has 21 heavy (non-hydrogen) atoms. The SMILES string of the molecule is CCOCCC1(CNC(=O)CC2CCCN2)CCCC1.Cl. The van der Waals surface area contributed by atoms with Crippen LogP contribution in [0.5, 0.6) is 0 Å². The summed E-state index contributed by atoms with van der Waals surface area (Å²) >= 11 is 0. The summed E-state index contributed by atoms with van der Waals surface area (Å²) in [5, 5.41) is 6.57. The topological polar surface area (TPSA) is 50.4 Å². The van der Waals surface area contributed by atoms with Gasteiger partial charge in [-0.3, -0.25) is 4.79 Å². The molecule has 4 nitrogen and oxygen atoms in total. The van der Waals surface area contributed by atoms with E-state index in [1.165, 1.54) is 32.1 Å². The number of ether oxygens (including phenoxy) is 1. The predicted octanol–water partition coefficient (Wildman–Crippen LogP) is 2.65. The molecular formula is C16H31ClN2O2. The number of amides is 1. The maximum Gasteiger partial charge on any atom is 0.221 e. The summed E-state index contributed by atoms with van der Waals surface area (Å²) in [6.45, 7) is 5.56. The van der Waals surface area contributed by atoms with Gasteiger partial charge in [0.2, 0.25) is 5.91 Å². The third-order valence-corrected chi connectivity index (χ3v) is 4.90. The number of halogens is 1. The number of carbonyl (C=O) groups is 1. The molecule has 0 aromatic heterocycles. The molecule has 1 amide bonds. The second-order valence-corrected chi connectivity index (χ2v) is 6.43. The van der Waals surface area contributed by atoms with E-state index in [4.69, 9.17) is 4.74 Å². The fourth-order valence-electron chi connectivity index (χ4n) is 3.59. The molecule has 0 radical (unpaired) electrons. The third kappa shape index (κ3) is 6.13. The quantitative estimate of drug-likeness (QED) is 0.676. The summed E-state index contributed by atoms with van der Waals surface area (Å²) in [5.74, 6) is 0.215. The maximum absolute atomic E-state index is 12.0. The predicted molar refractivity (Wildman–Crippen MR) is 87.9 cm³/mol. The molecule has 1 heterocycles. The van der Waals surface area contributed by atoms with Crippen LogP contribution in [-0.2, 0) is 9.53 Å². The highest BCUT2D eigenvalue weighted by molar-refractivity contribution is 5.85. The molecule has 1 aliphatic heterocycles. The molecule has 0 bridgehead atoms. The van der Waals surface area contributed by atoms with E-state index >= 15 is 0 Å². The summed E-state index contributed by atoms with van der Waals surface area (Å²) in [4.78, 5) is 12.0. The second-order valence-electron chi connectivity index (χ2n) is 6.43. The van der Waals surface area contributed by atoms with E-state index < -0.39 is 0 Å². The summed E-state index contributed by atoms with van der Waals surface area (Å²) in [7, 11) is 0. The monoisotopic (exact) mass is 318 g/mol. The van der Waals surface area contributed by atoms with Crippen LogP contribution in [0.25, 0.3) is 0 Å². The van der Waals surface area contributed by atoms with Crippen LogP contribution in [0.3, 0.4) is 0 Å². The van der Waals surface area contributed by atoms with E-state index in [0.717, 1.165) is 39.1 Å². The highest BCUT2D eigenvalue weighted by Gasteiger charge is 2.34. The fraction of sp³-hybridized carbons (Fsp3) is 0.938. The van der Waals surface area contributed by atoms with Gasteiger partial charge in [0, 0.05) is 32.2 Å². The zero-order valence-corrected chi connectivity index (χ0v) is 14.1. The Morgan fingerprint density at radius 3 is 2.71 bits per heavy atom. The van der Waals surface area contributed by atoms with Crippen molar-refractivity contribution in [2.45, 2.75) is 64.3 Å². The third-order valence-electron chi connectivity index (χ3n) is 4.90. The van der Waals surface area contributed by atoms with Gasteiger partial charge in [-0.15, -0.1) is 12.4 Å². The number of hydrogen-bond acceptors (Lipinski definition) is 3. The first-order chi connectivity index (χ1) is 9.74. The van der Waals surface area contributed by atoms with E-state index in [-0.39, 0.29) is 18.3 Å². The van der Waals surface area contributed by atoms with Gasteiger partial charge in [0.1, 0.15) is 0 Å². The summed E-state index contributed by atoms with van der Waals surface area (Å²) in [6.07, 6.45) is 9.14. The minimum Gasteiger partial charge on any atom is -0.382 e. The Morgan fingerprint density at radius 1 is 1.33 bits per heavy atom. The van der Waals surface area contributed by atoms with E-state index in [2.05, 4.69) is 10.6 Å². The van der Waals surface area contributed by atoms with Crippen LogP contribution >= 0.6 is 12.4 Å². The Balaban J connectivity index is 0.00000220. The molecule has 0 aromatic carbocycles. The lowest BCUT2D eigenvalue weighted by Gasteiger charge is -2.29. The van der Waals surface area contributed by atoms with E-state index in [0.29, 0.717) is 17.9 Å². The van der Waals surface area contributed by atoms with Crippen molar-refractivity contribution in [3.8, 4) is 0 Å².